The van der Waals surface area contributed by atoms with Crippen LogP contribution < -0.4 is 15.0 Å². The summed E-state index contributed by atoms with van der Waals surface area (Å²) >= 11 is 0. The lowest BCUT2D eigenvalue weighted by molar-refractivity contribution is 0.0921. The summed E-state index contributed by atoms with van der Waals surface area (Å²) in [5, 5.41) is 6.37. The Labute approximate surface area is 226 Å². The second-order valence-corrected chi connectivity index (χ2v) is 10.0. The molecule has 1 saturated heterocycles. The molecular formula is C28H32F2N6O3. The van der Waals surface area contributed by atoms with Crippen LogP contribution in [0.1, 0.15) is 62.7 Å². The number of nitrogens with one attached hydrogen (secondary N) is 1. The molecule has 1 amide bonds. The van der Waals surface area contributed by atoms with Gasteiger partial charge in [-0.3, -0.25) is 4.79 Å². The molecule has 9 nitrogen and oxygen atoms in total. The zero-order valence-corrected chi connectivity index (χ0v) is 22.3. The van der Waals surface area contributed by atoms with E-state index < -0.39 is 28.6 Å². The molecule has 0 atom stereocenters. The van der Waals surface area contributed by atoms with Gasteiger partial charge in [0.1, 0.15) is 22.9 Å². The second-order valence-electron chi connectivity index (χ2n) is 10.0. The number of anilines is 1. The van der Waals surface area contributed by atoms with Gasteiger partial charge >= 0.3 is 0 Å². The number of ether oxygens (including phenoxy) is 1. The zero-order chi connectivity index (χ0) is 28.0. The standard InChI is InChI=1S/C28H32F2N6O3/c1-5-23-33-25(35-39-23)19-16-31-27(32-17-19)36-11-9-18(10-12-36)8-7-13-38-20-14-21(29)24(22(30)15-20)26(37)34-28(3,4)6-2/h2,14-18H,5,7-13H2,1,3-4H3,(H,34,37). The molecule has 2 aromatic heterocycles. The lowest BCUT2D eigenvalue weighted by Gasteiger charge is -2.32. The highest BCUT2D eigenvalue weighted by Crippen LogP contribution is 2.26. The molecule has 1 aromatic carbocycles. The number of aromatic nitrogens is 4. The van der Waals surface area contributed by atoms with Crippen molar-refractivity contribution in [3.05, 3.63) is 47.6 Å². The van der Waals surface area contributed by atoms with Crippen LogP contribution in [0.25, 0.3) is 11.4 Å². The first-order valence-corrected chi connectivity index (χ1v) is 13.0. The van der Waals surface area contributed by atoms with Crippen molar-refractivity contribution in [3.63, 3.8) is 0 Å². The van der Waals surface area contributed by atoms with Crippen molar-refractivity contribution >= 4 is 11.9 Å². The Balaban J connectivity index is 1.21. The number of amides is 1. The van der Waals surface area contributed by atoms with Gasteiger partial charge in [-0.2, -0.15) is 4.98 Å². The van der Waals surface area contributed by atoms with Crippen molar-refractivity contribution in [2.45, 2.75) is 58.4 Å². The van der Waals surface area contributed by atoms with E-state index in [1.807, 2.05) is 6.92 Å². The Morgan fingerprint density at radius 3 is 2.49 bits per heavy atom. The summed E-state index contributed by atoms with van der Waals surface area (Å²) in [6.07, 6.45) is 13.0. The van der Waals surface area contributed by atoms with E-state index in [1.54, 1.807) is 26.2 Å². The molecule has 1 aliphatic rings. The fraction of sp³-hybridized carbons (Fsp3) is 0.464. The van der Waals surface area contributed by atoms with E-state index in [0.717, 1.165) is 50.9 Å². The number of hydrogen-bond donors (Lipinski definition) is 1. The van der Waals surface area contributed by atoms with Crippen molar-refractivity contribution in [1.29, 1.82) is 0 Å². The van der Waals surface area contributed by atoms with Crippen molar-refractivity contribution in [2.24, 2.45) is 5.92 Å². The van der Waals surface area contributed by atoms with E-state index in [4.69, 9.17) is 15.7 Å². The van der Waals surface area contributed by atoms with Gasteiger partial charge in [0.25, 0.3) is 5.91 Å². The number of benzene rings is 1. The van der Waals surface area contributed by atoms with Crippen molar-refractivity contribution in [3.8, 4) is 29.5 Å². The number of piperidine rings is 1. The maximum absolute atomic E-state index is 14.5. The molecule has 1 N–H and O–H groups in total. The minimum atomic E-state index is -1.03. The molecule has 11 heteroatoms. The van der Waals surface area contributed by atoms with E-state index in [9.17, 15) is 13.6 Å². The SMILES string of the molecule is C#CC(C)(C)NC(=O)c1c(F)cc(OCCCC2CCN(c3ncc(-c4noc(CC)n4)cn3)CC2)cc1F. The number of nitrogens with zero attached hydrogens (tertiary/aromatic N) is 5. The molecule has 0 saturated carbocycles. The largest absolute Gasteiger partial charge is 0.493 e. The topological polar surface area (TPSA) is 106 Å². The molecule has 0 bridgehead atoms. The van der Waals surface area contributed by atoms with E-state index in [-0.39, 0.29) is 5.75 Å². The van der Waals surface area contributed by atoms with Crippen LogP contribution >= 0.6 is 0 Å². The lowest BCUT2D eigenvalue weighted by atomic mass is 9.92. The summed E-state index contributed by atoms with van der Waals surface area (Å²) in [6.45, 7) is 7.06. The second kappa shape index (κ2) is 12.2. The predicted molar refractivity (Wildman–Crippen MR) is 141 cm³/mol. The lowest BCUT2D eigenvalue weighted by Crippen LogP contribution is -2.42. The van der Waals surface area contributed by atoms with Gasteiger partial charge in [-0.25, -0.2) is 18.7 Å². The fourth-order valence-electron chi connectivity index (χ4n) is 4.33. The van der Waals surface area contributed by atoms with Gasteiger partial charge in [-0.1, -0.05) is 18.0 Å². The van der Waals surface area contributed by atoms with Gasteiger partial charge in [0.2, 0.25) is 17.7 Å². The summed E-state index contributed by atoms with van der Waals surface area (Å²) in [6, 6.07) is 2.04. The van der Waals surface area contributed by atoms with Crippen LogP contribution in [-0.2, 0) is 6.42 Å². The monoisotopic (exact) mass is 538 g/mol. The minimum Gasteiger partial charge on any atom is -0.493 e. The number of hydrogen-bond acceptors (Lipinski definition) is 8. The van der Waals surface area contributed by atoms with Gasteiger partial charge < -0.3 is 19.5 Å². The Kier molecular flexibility index (Phi) is 8.74. The fourth-order valence-corrected chi connectivity index (χ4v) is 4.33. The smallest absolute Gasteiger partial charge is 0.258 e. The Bertz CT molecular complexity index is 1300. The van der Waals surface area contributed by atoms with Crippen LogP contribution in [0.5, 0.6) is 5.75 Å². The molecular weight excluding hydrogens is 506 g/mol. The van der Waals surface area contributed by atoms with Gasteiger partial charge in [0, 0.05) is 44.0 Å². The third-order valence-corrected chi connectivity index (χ3v) is 6.62. The van der Waals surface area contributed by atoms with Crippen molar-refractivity contribution in [1.82, 2.24) is 25.4 Å². The van der Waals surface area contributed by atoms with E-state index >= 15 is 0 Å². The molecule has 3 heterocycles. The normalized spacial score (nSPS) is 14.2. The zero-order valence-electron chi connectivity index (χ0n) is 22.3. The number of carbonyl (C=O) groups is 1. The molecule has 39 heavy (non-hydrogen) atoms. The molecule has 0 radical (unpaired) electrons. The number of rotatable bonds is 10. The molecule has 3 aromatic rings. The van der Waals surface area contributed by atoms with Crippen LogP contribution in [-0.4, -0.2) is 51.3 Å². The Hall–Kier alpha value is -4.07. The first-order valence-electron chi connectivity index (χ1n) is 13.0. The first-order chi connectivity index (χ1) is 18.7. The Morgan fingerprint density at radius 2 is 1.90 bits per heavy atom. The van der Waals surface area contributed by atoms with E-state index in [2.05, 4.69) is 36.2 Å². The van der Waals surface area contributed by atoms with E-state index in [1.165, 1.54) is 0 Å². The minimum absolute atomic E-state index is 0.0416. The Morgan fingerprint density at radius 1 is 1.23 bits per heavy atom. The van der Waals surface area contributed by atoms with Crippen molar-refractivity contribution in [2.75, 3.05) is 24.6 Å². The summed E-state index contributed by atoms with van der Waals surface area (Å²) < 4.78 is 39.7. The number of halogens is 2. The van der Waals surface area contributed by atoms with Gasteiger partial charge in [-0.05, 0) is 45.4 Å². The maximum atomic E-state index is 14.5. The van der Waals surface area contributed by atoms with Crippen LogP contribution in [0, 0.1) is 29.9 Å². The maximum Gasteiger partial charge on any atom is 0.258 e. The number of aryl methyl sites for hydroxylation is 1. The summed E-state index contributed by atoms with van der Waals surface area (Å²) in [7, 11) is 0. The van der Waals surface area contributed by atoms with Gasteiger partial charge in [-0.15, -0.1) is 6.42 Å². The highest BCUT2D eigenvalue weighted by Gasteiger charge is 2.25. The number of terminal acetylenes is 1. The molecule has 1 fully saturated rings. The summed E-state index contributed by atoms with van der Waals surface area (Å²) in [5.74, 6) is 1.72. The summed E-state index contributed by atoms with van der Waals surface area (Å²) in [4.78, 5) is 27.7. The van der Waals surface area contributed by atoms with Gasteiger partial charge in [0.15, 0.2) is 0 Å². The van der Waals surface area contributed by atoms with Crippen LogP contribution in [0.15, 0.2) is 29.0 Å². The molecule has 0 aliphatic carbocycles. The highest BCUT2D eigenvalue weighted by molar-refractivity contribution is 5.95. The molecule has 0 spiro atoms. The molecule has 0 unspecified atom stereocenters. The predicted octanol–water partition coefficient (Wildman–Crippen LogP) is 4.58. The highest BCUT2D eigenvalue weighted by atomic mass is 19.1. The van der Waals surface area contributed by atoms with Crippen molar-refractivity contribution < 1.29 is 22.8 Å². The molecule has 206 valence electrons. The van der Waals surface area contributed by atoms with Crippen LogP contribution in [0.2, 0.25) is 0 Å². The summed E-state index contributed by atoms with van der Waals surface area (Å²) in [5.41, 5.74) is -1.01. The third kappa shape index (κ3) is 7.07. The average Bonchev–Trinajstić information content (AvgIpc) is 3.40. The quantitative estimate of drug-likeness (QED) is 0.295. The van der Waals surface area contributed by atoms with Crippen LogP contribution in [0.4, 0.5) is 14.7 Å². The van der Waals surface area contributed by atoms with Gasteiger partial charge in [0.05, 0.1) is 17.7 Å². The molecule has 1 aliphatic heterocycles. The third-order valence-electron chi connectivity index (χ3n) is 6.62. The first kappa shape index (κ1) is 28.0. The van der Waals surface area contributed by atoms with E-state index in [0.29, 0.717) is 42.2 Å². The van der Waals surface area contributed by atoms with Crippen LogP contribution in [0.3, 0.4) is 0 Å². The number of carbonyl (C=O) groups excluding carboxylic acids is 1. The average molecular weight is 539 g/mol. The molecule has 4 rings (SSSR count).